The molecule has 0 spiro atoms. The number of phenolic OH excluding ortho intramolecular Hbond substituents is 1. The van der Waals surface area contributed by atoms with Crippen molar-refractivity contribution in [1.82, 2.24) is 15.2 Å². The molecule has 1 fully saturated rings. The first-order valence-electron chi connectivity index (χ1n) is 8.61. The number of pyridine rings is 1. The van der Waals surface area contributed by atoms with E-state index in [9.17, 15) is 19.4 Å². The number of carbonyl (C=O) groups is 1. The van der Waals surface area contributed by atoms with Gasteiger partial charge in [-0.2, -0.15) is 5.10 Å². The number of benzene rings is 1. The fraction of sp³-hybridized carbons (Fsp3) is 0.211. The maximum absolute atomic E-state index is 14.7. The van der Waals surface area contributed by atoms with Gasteiger partial charge in [-0.1, -0.05) is 11.6 Å². The van der Waals surface area contributed by atoms with Gasteiger partial charge in [0.25, 0.3) is 5.91 Å². The summed E-state index contributed by atoms with van der Waals surface area (Å²) in [5, 5.41) is 29.3. The maximum atomic E-state index is 14.7. The summed E-state index contributed by atoms with van der Waals surface area (Å²) in [6.45, 7) is -0.408. The van der Waals surface area contributed by atoms with Gasteiger partial charge in [-0.05, 0) is 37.1 Å². The number of hydrogen-bond acceptors (Lipinski definition) is 5. The van der Waals surface area contributed by atoms with Crippen molar-refractivity contribution in [2.45, 2.75) is 25.4 Å². The van der Waals surface area contributed by atoms with Crippen LogP contribution >= 0.6 is 11.6 Å². The highest BCUT2D eigenvalue weighted by atomic mass is 35.5. The van der Waals surface area contributed by atoms with Gasteiger partial charge in [0.15, 0.2) is 0 Å². The van der Waals surface area contributed by atoms with Crippen molar-refractivity contribution in [2.75, 3.05) is 5.32 Å². The first kappa shape index (κ1) is 18.4. The van der Waals surface area contributed by atoms with Crippen molar-refractivity contribution in [1.29, 1.82) is 0 Å². The molecular weight excluding hydrogens is 387 g/mol. The third kappa shape index (κ3) is 3.44. The molecule has 2 heterocycles. The summed E-state index contributed by atoms with van der Waals surface area (Å²) in [7, 11) is 0. The zero-order valence-electron chi connectivity index (χ0n) is 14.5. The predicted molar refractivity (Wildman–Crippen MR) is 101 cm³/mol. The summed E-state index contributed by atoms with van der Waals surface area (Å²) >= 11 is 5.90. The van der Waals surface area contributed by atoms with E-state index in [1.54, 1.807) is 0 Å². The van der Waals surface area contributed by atoms with E-state index in [-0.39, 0.29) is 27.5 Å². The summed E-state index contributed by atoms with van der Waals surface area (Å²) in [5.74, 6) is -1.45. The zero-order valence-corrected chi connectivity index (χ0v) is 15.3. The molecular formula is C19H16ClFN4O3. The molecule has 3 aromatic rings. The van der Waals surface area contributed by atoms with Crippen LogP contribution in [0.15, 0.2) is 30.5 Å². The Labute approximate surface area is 164 Å². The standard InChI is InChI=1S/C19H16ClFN4O3/c20-12-3-4-14(23-16(12)8-26)10-6-17(27)11(5-13(10)21)19(28)24-15-7-22-25-18(15)9-1-2-9/h3-7,9,26-27H,1-2,8H2,(H,22,25)(H,24,28). The average molecular weight is 403 g/mol. The van der Waals surface area contributed by atoms with Crippen LogP contribution in [-0.4, -0.2) is 31.3 Å². The number of H-pyrrole nitrogens is 1. The van der Waals surface area contributed by atoms with Gasteiger partial charge in [0.05, 0.1) is 46.2 Å². The summed E-state index contributed by atoms with van der Waals surface area (Å²) in [6.07, 6.45) is 3.52. The number of carbonyl (C=O) groups excluding carboxylic acids is 1. The molecule has 0 saturated heterocycles. The Bertz CT molecular complexity index is 1070. The number of nitrogens with one attached hydrogen (secondary N) is 2. The Kier molecular flexibility index (Phi) is 4.74. The fourth-order valence-corrected chi connectivity index (χ4v) is 3.12. The third-order valence-electron chi connectivity index (χ3n) is 4.58. The van der Waals surface area contributed by atoms with Gasteiger partial charge in [0.1, 0.15) is 11.6 Å². The molecule has 1 aromatic carbocycles. The Morgan fingerprint density at radius 1 is 1.36 bits per heavy atom. The van der Waals surface area contributed by atoms with Crippen molar-refractivity contribution in [3.63, 3.8) is 0 Å². The number of hydrogen-bond donors (Lipinski definition) is 4. The minimum atomic E-state index is -0.740. The van der Waals surface area contributed by atoms with Crippen LogP contribution in [0.5, 0.6) is 5.75 Å². The van der Waals surface area contributed by atoms with Crippen molar-refractivity contribution >= 4 is 23.2 Å². The van der Waals surface area contributed by atoms with Gasteiger partial charge in [0.2, 0.25) is 0 Å². The monoisotopic (exact) mass is 402 g/mol. The molecule has 1 aliphatic carbocycles. The van der Waals surface area contributed by atoms with E-state index in [1.807, 2.05) is 0 Å². The first-order chi connectivity index (χ1) is 13.5. The van der Waals surface area contributed by atoms with Crippen molar-refractivity contribution in [3.05, 3.63) is 58.3 Å². The van der Waals surface area contributed by atoms with E-state index >= 15 is 0 Å². The van der Waals surface area contributed by atoms with Crippen LogP contribution in [-0.2, 0) is 6.61 Å². The molecule has 2 aromatic heterocycles. The number of rotatable bonds is 5. The highest BCUT2D eigenvalue weighted by Gasteiger charge is 2.29. The highest BCUT2D eigenvalue weighted by Crippen LogP contribution is 2.42. The zero-order chi connectivity index (χ0) is 19.8. The molecule has 1 amide bonds. The molecule has 9 heteroatoms. The molecule has 4 N–H and O–H groups in total. The summed E-state index contributed by atoms with van der Waals surface area (Å²) in [4.78, 5) is 16.6. The second-order valence-electron chi connectivity index (χ2n) is 6.56. The van der Waals surface area contributed by atoms with E-state index in [4.69, 9.17) is 11.6 Å². The SMILES string of the molecule is O=C(Nc1cn[nH]c1C1CC1)c1cc(F)c(-c2ccc(Cl)c(CO)n2)cc1O. The van der Waals surface area contributed by atoms with Gasteiger partial charge in [-0.3, -0.25) is 9.89 Å². The molecule has 4 rings (SSSR count). The van der Waals surface area contributed by atoms with Crippen LogP contribution in [0.3, 0.4) is 0 Å². The van der Waals surface area contributed by atoms with E-state index in [2.05, 4.69) is 20.5 Å². The van der Waals surface area contributed by atoms with Crippen LogP contribution < -0.4 is 5.32 Å². The topological polar surface area (TPSA) is 111 Å². The number of aromatic nitrogens is 3. The number of aromatic hydroxyl groups is 1. The normalized spacial score (nSPS) is 13.5. The number of aliphatic hydroxyl groups is 1. The minimum absolute atomic E-state index is 0.0117. The van der Waals surface area contributed by atoms with Crippen molar-refractivity contribution in [3.8, 4) is 17.0 Å². The molecule has 0 unspecified atom stereocenters. The van der Waals surface area contributed by atoms with E-state index in [1.165, 1.54) is 18.3 Å². The van der Waals surface area contributed by atoms with E-state index in [0.29, 0.717) is 11.6 Å². The van der Waals surface area contributed by atoms with Crippen LogP contribution in [0.2, 0.25) is 5.02 Å². The first-order valence-corrected chi connectivity index (χ1v) is 8.99. The van der Waals surface area contributed by atoms with Gasteiger partial charge >= 0.3 is 0 Å². The molecule has 144 valence electrons. The second-order valence-corrected chi connectivity index (χ2v) is 6.97. The molecule has 0 bridgehead atoms. The van der Waals surface area contributed by atoms with Crippen LogP contribution in [0.4, 0.5) is 10.1 Å². The van der Waals surface area contributed by atoms with Gasteiger partial charge < -0.3 is 15.5 Å². The smallest absolute Gasteiger partial charge is 0.259 e. The molecule has 0 aliphatic heterocycles. The summed E-state index contributed by atoms with van der Waals surface area (Å²) < 4.78 is 14.7. The van der Waals surface area contributed by atoms with E-state index in [0.717, 1.165) is 30.7 Å². The van der Waals surface area contributed by atoms with Gasteiger partial charge in [0, 0.05) is 11.5 Å². The minimum Gasteiger partial charge on any atom is -0.507 e. The average Bonchev–Trinajstić information content (AvgIpc) is 3.43. The Balaban J connectivity index is 1.63. The number of amides is 1. The maximum Gasteiger partial charge on any atom is 0.259 e. The quantitative estimate of drug-likeness (QED) is 0.521. The molecule has 0 atom stereocenters. The van der Waals surface area contributed by atoms with Crippen LogP contribution in [0.25, 0.3) is 11.3 Å². The number of anilines is 1. The number of aliphatic hydroxyl groups excluding tert-OH is 1. The van der Waals surface area contributed by atoms with Crippen LogP contribution in [0, 0.1) is 5.82 Å². The lowest BCUT2D eigenvalue weighted by molar-refractivity contribution is 0.102. The van der Waals surface area contributed by atoms with Crippen molar-refractivity contribution < 1.29 is 19.4 Å². The Hall–Kier alpha value is -2.97. The van der Waals surface area contributed by atoms with Gasteiger partial charge in [-0.15, -0.1) is 0 Å². The second kappa shape index (κ2) is 7.21. The molecule has 0 radical (unpaired) electrons. The van der Waals surface area contributed by atoms with Gasteiger partial charge in [-0.25, -0.2) is 9.37 Å². The fourth-order valence-electron chi connectivity index (χ4n) is 2.95. The number of nitrogens with zero attached hydrogens (tertiary/aromatic N) is 2. The lowest BCUT2D eigenvalue weighted by Gasteiger charge is -2.11. The molecule has 1 saturated carbocycles. The lowest BCUT2D eigenvalue weighted by atomic mass is 10.0. The molecule has 28 heavy (non-hydrogen) atoms. The largest absolute Gasteiger partial charge is 0.507 e. The third-order valence-corrected chi connectivity index (χ3v) is 4.92. The molecule has 7 nitrogen and oxygen atoms in total. The number of halogens is 2. The van der Waals surface area contributed by atoms with Crippen molar-refractivity contribution in [2.24, 2.45) is 0 Å². The Morgan fingerprint density at radius 2 is 2.14 bits per heavy atom. The van der Waals surface area contributed by atoms with E-state index < -0.39 is 24.1 Å². The number of phenols is 1. The Morgan fingerprint density at radius 3 is 2.86 bits per heavy atom. The number of aromatic amines is 1. The predicted octanol–water partition coefficient (Wildman–Crippen LogP) is 3.59. The molecule has 1 aliphatic rings. The summed E-state index contributed by atoms with van der Waals surface area (Å²) in [5.41, 5.74) is 1.49. The highest BCUT2D eigenvalue weighted by molar-refractivity contribution is 6.31. The van der Waals surface area contributed by atoms with Crippen LogP contribution in [0.1, 0.15) is 40.5 Å². The lowest BCUT2D eigenvalue weighted by Crippen LogP contribution is -2.13. The summed E-state index contributed by atoms with van der Waals surface area (Å²) in [6, 6.07) is 5.02.